The van der Waals surface area contributed by atoms with Gasteiger partial charge in [-0.15, -0.1) is 6.42 Å². The van der Waals surface area contributed by atoms with E-state index in [1.807, 2.05) is 5.92 Å². The average molecular weight is 174 g/mol. The van der Waals surface area contributed by atoms with E-state index in [4.69, 9.17) is 26.8 Å². The molecule has 0 unspecified atom stereocenters. The maximum absolute atomic E-state index is 9.14. The lowest BCUT2D eigenvalue weighted by Crippen LogP contribution is -2.56. The molecule has 0 aliphatic carbocycles. The summed E-state index contributed by atoms with van der Waals surface area (Å²) in [6.45, 7) is 0. The SMILES string of the molecule is C#C[C@@H]1O[C@H](O)[C@@H](O)[C@H](O)[C@@H]1O. The summed E-state index contributed by atoms with van der Waals surface area (Å²) < 4.78 is 4.59. The lowest BCUT2D eigenvalue weighted by Gasteiger charge is -2.35. The molecule has 0 amide bonds. The fourth-order valence-electron chi connectivity index (χ4n) is 0.999. The Balaban J connectivity index is 2.72. The van der Waals surface area contributed by atoms with Gasteiger partial charge in [0.15, 0.2) is 6.29 Å². The molecule has 5 nitrogen and oxygen atoms in total. The molecule has 4 N–H and O–H groups in total. The minimum absolute atomic E-state index is 1.08. The van der Waals surface area contributed by atoms with E-state index in [0.29, 0.717) is 0 Å². The summed E-state index contributed by atoms with van der Waals surface area (Å²) >= 11 is 0. The van der Waals surface area contributed by atoms with Crippen molar-refractivity contribution in [2.75, 3.05) is 0 Å². The Morgan fingerprint density at radius 3 is 2.08 bits per heavy atom. The third-order valence-electron chi connectivity index (χ3n) is 1.75. The third kappa shape index (κ3) is 1.43. The predicted molar refractivity (Wildman–Crippen MR) is 37.7 cm³/mol. The van der Waals surface area contributed by atoms with Crippen molar-refractivity contribution in [1.82, 2.24) is 0 Å². The second kappa shape index (κ2) is 3.39. The molecule has 0 bridgehead atoms. The van der Waals surface area contributed by atoms with Crippen LogP contribution >= 0.6 is 0 Å². The third-order valence-corrected chi connectivity index (χ3v) is 1.75. The van der Waals surface area contributed by atoms with Crippen LogP contribution in [0.1, 0.15) is 0 Å². The van der Waals surface area contributed by atoms with E-state index in [1.165, 1.54) is 0 Å². The van der Waals surface area contributed by atoms with Crippen molar-refractivity contribution in [3.63, 3.8) is 0 Å². The first-order valence-corrected chi connectivity index (χ1v) is 3.41. The maximum Gasteiger partial charge on any atom is 0.185 e. The Morgan fingerprint density at radius 1 is 1.00 bits per heavy atom. The van der Waals surface area contributed by atoms with E-state index >= 15 is 0 Å². The van der Waals surface area contributed by atoms with Crippen LogP contribution in [0.15, 0.2) is 0 Å². The van der Waals surface area contributed by atoms with Gasteiger partial charge in [0.05, 0.1) is 0 Å². The Kier molecular flexibility index (Phi) is 2.67. The minimum atomic E-state index is -1.55. The molecule has 1 fully saturated rings. The Hall–Kier alpha value is -0.640. The van der Waals surface area contributed by atoms with E-state index in [-0.39, 0.29) is 0 Å². The van der Waals surface area contributed by atoms with E-state index in [1.54, 1.807) is 0 Å². The van der Waals surface area contributed by atoms with Crippen LogP contribution in [-0.2, 0) is 4.74 Å². The number of aliphatic hydroxyl groups is 4. The second-order valence-electron chi connectivity index (χ2n) is 2.59. The molecule has 0 aromatic rings. The van der Waals surface area contributed by atoms with Crippen molar-refractivity contribution < 1.29 is 25.2 Å². The maximum atomic E-state index is 9.14. The second-order valence-corrected chi connectivity index (χ2v) is 2.59. The van der Waals surface area contributed by atoms with Gasteiger partial charge in [0.1, 0.15) is 24.4 Å². The largest absolute Gasteiger partial charge is 0.387 e. The summed E-state index contributed by atoms with van der Waals surface area (Å²) in [6.07, 6.45) is -2.08. The van der Waals surface area contributed by atoms with Gasteiger partial charge in [-0.05, 0) is 0 Å². The van der Waals surface area contributed by atoms with Gasteiger partial charge in [-0.2, -0.15) is 0 Å². The first-order chi connectivity index (χ1) is 5.57. The van der Waals surface area contributed by atoms with E-state index in [2.05, 4.69) is 4.74 Å². The van der Waals surface area contributed by atoms with Crippen LogP contribution in [0.25, 0.3) is 0 Å². The molecule has 1 aliphatic heterocycles. The summed E-state index contributed by atoms with van der Waals surface area (Å²) in [5.41, 5.74) is 0. The molecule has 1 aliphatic rings. The standard InChI is InChI=1S/C7H10O5/c1-2-3-4(8)5(9)6(10)7(11)12-3/h1,3-11H/t3-,4+,5+,6-,7-/m0/s1. The van der Waals surface area contributed by atoms with Gasteiger partial charge in [-0.25, -0.2) is 0 Å². The molecule has 1 rings (SSSR count). The molecule has 68 valence electrons. The summed E-state index contributed by atoms with van der Waals surface area (Å²) in [6, 6.07) is 0. The molecule has 0 radical (unpaired) electrons. The van der Waals surface area contributed by atoms with Crippen LogP contribution in [0, 0.1) is 12.3 Å². The van der Waals surface area contributed by atoms with Gasteiger partial charge < -0.3 is 25.2 Å². The van der Waals surface area contributed by atoms with Gasteiger partial charge in [-0.3, -0.25) is 0 Å². The van der Waals surface area contributed by atoms with Crippen LogP contribution in [0.5, 0.6) is 0 Å². The van der Waals surface area contributed by atoms with Crippen molar-refractivity contribution >= 4 is 0 Å². The van der Waals surface area contributed by atoms with Crippen LogP contribution in [0.3, 0.4) is 0 Å². The Labute approximate surface area is 69.2 Å². The van der Waals surface area contributed by atoms with Crippen molar-refractivity contribution in [2.45, 2.75) is 30.7 Å². The quantitative estimate of drug-likeness (QED) is 0.303. The molecule has 12 heavy (non-hydrogen) atoms. The predicted octanol–water partition coefficient (Wildman–Crippen LogP) is -2.58. The zero-order valence-corrected chi connectivity index (χ0v) is 6.16. The molecule has 1 saturated heterocycles. The summed E-state index contributed by atoms with van der Waals surface area (Å²) in [5.74, 6) is 2.03. The van der Waals surface area contributed by atoms with Crippen molar-refractivity contribution in [3.05, 3.63) is 0 Å². The van der Waals surface area contributed by atoms with Crippen LogP contribution in [-0.4, -0.2) is 51.1 Å². The molecule has 5 heteroatoms. The monoisotopic (exact) mass is 174 g/mol. The van der Waals surface area contributed by atoms with Crippen molar-refractivity contribution in [2.24, 2.45) is 0 Å². The fraction of sp³-hybridized carbons (Fsp3) is 0.714. The number of rotatable bonds is 0. The van der Waals surface area contributed by atoms with E-state index in [9.17, 15) is 0 Å². The minimum Gasteiger partial charge on any atom is -0.387 e. The highest BCUT2D eigenvalue weighted by atomic mass is 16.6. The summed E-state index contributed by atoms with van der Waals surface area (Å²) in [4.78, 5) is 0. The van der Waals surface area contributed by atoms with Crippen molar-refractivity contribution in [1.29, 1.82) is 0 Å². The van der Waals surface area contributed by atoms with E-state index in [0.717, 1.165) is 0 Å². The molecule has 0 aromatic carbocycles. The molecular weight excluding hydrogens is 164 g/mol. The van der Waals surface area contributed by atoms with Crippen LogP contribution in [0.2, 0.25) is 0 Å². The topological polar surface area (TPSA) is 90.2 Å². The van der Waals surface area contributed by atoms with Gasteiger partial charge in [0.25, 0.3) is 0 Å². The lowest BCUT2D eigenvalue weighted by molar-refractivity contribution is -0.269. The molecular formula is C7H10O5. The normalized spacial score (nSPS) is 48.4. The first kappa shape index (κ1) is 9.45. The smallest absolute Gasteiger partial charge is 0.185 e. The number of ether oxygens (including phenoxy) is 1. The van der Waals surface area contributed by atoms with Gasteiger partial charge in [0, 0.05) is 0 Å². The summed E-state index contributed by atoms with van der Waals surface area (Å²) in [5, 5.41) is 36.1. The zero-order valence-electron chi connectivity index (χ0n) is 6.16. The number of terminal acetylenes is 1. The van der Waals surface area contributed by atoms with Gasteiger partial charge in [-0.1, -0.05) is 5.92 Å². The molecule has 5 atom stereocenters. The Bertz CT molecular complexity index is 198. The van der Waals surface area contributed by atoms with Crippen LogP contribution < -0.4 is 0 Å². The van der Waals surface area contributed by atoms with Crippen LogP contribution in [0.4, 0.5) is 0 Å². The first-order valence-electron chi connectivity index (χ1n) is 3.41. The number of aliphatic hydroxyl groups excluding tert-OH is 4. The molecule has 0 saturated carbocycles. The number of hydrogen-bond acceptors (Lipinski definition) is 5. The van der Waals surface area contributed by atoms with Crippen molar-refractivity contribution in [3.8, 4) is 12.3 Å². The highest BCUT2D eigenvalue weighted by Gasteiger charge is 2.42. The number of hydrogen-bond donors (Lipinski definition) is 4. The molecule has 0 spiro atoms. The summed E-state index contributed by atoms with van der Waals surface area (Å²) in [7, 11) is 0. The Morgan fingerprint density at radius 2 is 1.58 bits per heavy atom. The lowest BCUT2D eigenvalue weighted by atomic mass is 10.00. The fourth-order valence-corrected chi connectivity index (χ4v) is 0.999. The molecule has 0 aromatic heterocycles. The molecule has 1 heterocycles. The van der Waals surface area contributed by atoms with Gasteiger partial charge in [0.2, 0.25) is 0 Å². The highest BCUT2D eigenvalue weighted by molar-refractivity contribution is 5.04. The highest BCUT2D eigenvalue weighted by Crippen LogP contribution is 2.18. The van der Waals surface area contributed by atoms with Gasteiger partial charge >= 0.3 is 0 Å². The van der Waals surface area contributed by atoms with E-state index < -0.39 is 30.7 Å². The zero-order chi connectivity index (χ0) is 9.30. The average Bonchev–Trinajstić information content (AvgIpc) is 2.08.